The number of aromatic nitrogens is 3. The van der Waals surface area contributed by atoms with Gasteiger partial charge in [-0.3, -0.25) is 14.7 Å². The SMILES string of the molecule is Cc1ccc(CN2CCc3nc(-c4ccncc4)[nH]c(=O)c3C2)c(Br)c1. The molecule has 3 heterocycles. The van der Waals surface area contributed by atoms with Crippen molar-refractivity contribution in [2.75, 3.05) is 6.54 Å². The molecule has 0 atom stereocenters. The van der Waals surface area contributed by atoms with Crippen molar-refractivity contribution < 1.29 is 0 Å². The fourth-order valence-corrected chi connectivity index (χ4v) is 3.90. The Bertz CT molecular complexity index is 1000. The van der Waals surface area contributed by atoms with E-state index in [9.17, 15) is 4.79 Å². The molecule has 0 saturated carbocycles. The van der Waals surface area contributed by atoms with Crippen LogP contribution < -0.4 is 5.56 Å². The third-order valence-corrected chi connectivity index (χ3v) is 5.44. The highest BCUT2D eigenvalue weighted by molar-refractivity contribution is 9.10. The van der Waals surface area contributed by atoms with Crippen molar-refractivity contribution >= 4 is 15.9 Å². The highest BCUT2D eigenvalue weighted by Crippen LogP contribution is 2.23. The first kappa shape index (κ1) is 17.1. The highest BCUT2D eigenvalue weighted by atomic mass is 79.9. The van der Waals surface area contributed by atoms with Crippen molar-refractivity contribution in [3.05, 3.63) is 79.9 Å². The van der Waals surface area contributed by atoms with E-state index in [0.29, 0.717) is 12.4 Å². The van der Waals surface area contributed by atoms with Gasteiger partial charge in [0.05, 0.1) is 11.3 Å². The molecule has 3 aromatic rings. The molecule has 1 N–H and O–H groups in total. The molecule has 1 aromatic carbocycles. The monoisotopic (exact) mass is 410 g/mol. The Kier molecular flexibility index (Phi) is 4.70. The minimum atomic E-state index is -0.0468. The summed E-state index contributed by atoms with van der Waals surface area (Å²) in [5, 5.41) is 0. The lowest BCUT2D eigenvalue weighted by molar-refractivity contribution is 0.241. The van der Waals surface area contributed by atoms with Crippen LogP contribution >= 0.6 is 15.9 Å². The third kappa shape index (κ3) is 3.48. The number of pyridine rings is 1. The van der Waals surface area contributed by atoms with Crippen LogP contribution in [0.2, 0.25) is 0 Å². The van der Waals surface area contributed by atoms with Crippen LogP contribution in [0.3, 0.4) is 0 Å². The molecule has 0 amide bonds. The normalized spacial score (nSPS) is 14.2. The Morgan fingerprint density at radius 2 is 2.04 bits per heavy atom. The highest BCUT2D eigenvalue weighted by Gasteiger charge is 2.22. The molecule has 6 heteroatoms. The molecule has 2 aromatic heterocycles. The third-order valence-electron chi connectivity index (χ3n) is 4.70. The molecule has 0 unspecified atom stereocenters. The van der Waals surface area contributed by atoms with Crippen molar-refractivity contribution in [3.8, 4) is 11.4 Å². The van der Waals surface area contributed by atoms with Crippen LogP contribution in [-0.2, 0) is 19.5 Å². The zero-order chi connectivity index (χ0) is 18.1. The van der Waals surface area contributed by atoms with E-state index >= 15 is 0 Å². The fourth-order valence-electron chi connectivity index (χ4n) is 3.28. The standard InChI is InChI=1S/C20H19BrN4O/c1-13-2-3-15(17(21)10-13)11-25-9-6-18-16(12-25)20(26)24-19(23-18)14-4-7-22-8-5-14/h2-5,7-8,10H,6,9,11-12H2,1H3,(H,23,24,26). The average Bonchev–Trinajstić information content (AvgIpc) is 2.65. The first-order valence-electron chi connectivity index (χ1n) is 8.60. The number of halogens is 1. The molecule has 26 heavy (non-hydrogen) atoms. The van der Waals surface area contributed by atoms with Gasteiger partial charge in [0.15, 0.2) is 0 Å². The van der Waals surface area contributed by atoms with E-state index in [1.807, 2.05) is 12.1 Å². The molecule has 132 valence electrons. The molecule has 0 fully saturated rings. The van der Waals surface area contributed by atoms with Gasteiger partial charge < -0.3 is 4.98 Å². The largest absolute Gasteiger partial charge is 0.306 e. The Balaban J connectivity index is 1.58. The van der Waals surface area contributed by atoms with E-state index in [-0.39, 0.29) is 5.56 Å². The van der Waals surface area contributed by atoms with Crippen LogP contribution in [0.25, 0.3) is 11.4 Å². The number of nitrogens with zero attached hydrogens (tertiary/aromatic N) is 3. The quantitative estimate of drug-likeness (QED) is 0.717. The molecule has 1 aliphatic heterocycles. The van der Waals surface area contributed by atoms with Crippen LogP contribution in [0.4, 0.5) is 0 Å². The van der Waals surface area contributed by atoms with Gasteiger partial charge in [-0.1, -0.05) is 28.1 Å². The molecule has 0 radical (unpaired) electrons. The summed E-state index contributed by atoms with van der Waals surface area (Å²) in [5.74, 6) is 0.617. The maximum atomic E-state index is 12.6. The molecular formula is C20H19BrN4O. The summed E-state index contributed by atoms with van der Waals surface area (Å²) in [6.45, 7) is 4.40. The van der Waals surface area contributed by atoms with Gasteiger partial charge in [0, 0.05) is 48.5 Å². The van der Waals surface area contributed by atoms with Crippen LogP contribution in [0, 0.1) is 6.92 Å². The summed E-state index contributed by atoms with van der Waals surface area (Å²) >= 11 is 3.64. The van der Waals surface area contributed by atoms with Gasteiger partial charge in [-0.15, -0.1) is 0 Å². The van der Waals surface area contributed by atoms with Gasteiger partial charge >= 0.3 is 0 Å². The van der Waals surface area contributed by atoms with Crippen molar-refractivity contribution in [3.63, 3.8) is 0 Å². The van der Waals surface area contributed by atoms with E-state index in [1.165, 1.54) is 11.1 Å². The molecular weight excluding hydrogens is 392 g/mol. The van der Waals surface area contributed by atoms with Crippen LogP contribution in [0.15, 0.2) is 52.0 Å². The number of aryl methyl sites for hydroxylation is 1. The van der Waals surface area contributed by atoms with E-state index in [4.69, 9.17) is 4.98 Å². The van der Waals surface area contributed by atoms with Gasteiger partial charge in [0.2, 0.25) is 0 Å². The number of hydrogen-bond acceptors (Lipinski definition) is 4. The summed E-state index contributed by atoms with van der Waals surface area (Å²) in [7, 11) is 0. The van der Waals surface area contributed by atoms with Crippen molar-refractivity contribution in [1.29, 1.82) is 0 Å². The predicted octanol–water partition coefficient (Wildman–Crippen LogP) is 3.46. The smallest absolute Gasteiger partial charge is 0.255 e. The van der Waals surface area contributed by atoms with Crippen LogP contribution in [-0.4, -0.2) is 26.4 Å². The number of benzene rings is 1. The van der Waals surface area contributed by atoms with Crippen molar-refractivity contribution in [2.45, 2.75) is 26.4 Å². The summed E-state index contributed by atoms with van der Waals surface area (Å²) in [4.78, 5) is 26.5. The lowest BCUT2D eigenvalue weighted by atomic mass is 10.0. The Labute approximate surface area is 160 Å². The van der Waals surface area contributed by atoms with E-state index < -0.39 is 0 Å². The lowest BCUT2D eigenvalue weighted by Gasteiger charge is -2.28. The fraction of sp³-hybridized carbons (Fsp3) is 0.250. The molecule has 4 rings (SSSR count). The second-order valence-electron chi connectivity index (χ2n) is 6.63. The predicted molar refractivity (Wildman–Crippen MR) is 105 cm³/mol. The van der Waals surface area contributed by atoms with Gasteiger partial charge in [-0.2, -0.15) is 0 Å². The minimum Gasteiger partial charge on any atom is -0.306 e. The zero-order valence-electron chi connectivity index (χ0n) is 14.5. The number of hydrogen-bond donors (Lipinski definition) is 1. The summed E-state index contributed by atoms with van der Waals surface area (Å²) in [6.07, 6.45) is 4.19. The van der Waals surface area contributed by atoms with Gasteiger partial charge in [0.25, 0.3) is 5.56 Å². The topological polar surface area (TPSA) is 61.9 Å². The van der Waals surface area contributed by atoms with Crippen LogP contribution in [0.1, 0.15) is 22.4 Å². The number of fused-ring (bicyclic) bond motifs is 1. The van der Waals surface area contributed by atoms with Gasteiger partial charge in [0.1, 0.15) is 5.82 Å². The second kappa shape index (κ2) is 7.13. The first-order chi connectivity index (χ1) is 12.6. The summed E-state index contributed by atoms with van der Waals surface area (Å²) in [5.41, 5.74) is 4.98. The van der Waals surface area contributed by atoms with Crippen LogP contribution in [0.5, 0.6) is 0 Å². The van der Waals surface area contributed by atoms with E-state index in [2.05, 4.69) is 55.9 Å². The zero-order valence-corrected chi connectivity index (χ0v) is 16.1. The van der Waals surface area contributed by atoms with Crippen molar-refractivity contribution in [2.24, 2.45) is 0 Å². The number of nitrogens with one attached hydrogen (secondary N) is 1. The minimum absolute atomic E-state index is 0.0468. The number of H-pyrrole nitrogens is 1. The number of aromatic amines is 1. The van der Waals surface area contributed by atoms with E-state index in [0.717, 1.165) is 40.8 Å². The molecule has 0 spiro atoms. The van der Waals surface area contributed by atoms with Gasteiger partial charge in [-0.05, 0) is 36.2 Å². The Hall–Kier alpha value is -2.31. The maximum absolute atomic E-state index is 12.6. The summed E-state index contributed by atoms with van der Waals surface area (Å²) < 4.78 is 1.11. The van der Waals surface area contributed by atoms with Crippen molar-refractivity contribution in [1.82, 2.24) is 19.9 Å². The molecule has 0 bridgehead atoms. The number of rotatable bonds is 3. The molecule has 5 nitrogen and oxygen atoms in total. The lowest BCUT2D eigenvalue weighted by Crippen LogP contribution is -2.35. The average molecular weight is 411 g/mol. The molecule has 1 aliphatic rings. The van der Waals surface area contributed by atoms with Gasteiger partial charge in [-0.25, -0.2) is 4.98 Å². The first-order valence-corrected chi connectivity index (χ1v) is 9.39. The van der Waals surface area contributed by atoms with E-state index in [1.54, 1.807) is 12.4 Å². The Morgan fingerprint density at radius 1 is 1.23 bits per heavy atom. The molecule has 0 saturated heterocycles. The molecule has 0 aliphatic carbocycles. The second-order valence-corrected chi connectivity index (χ2v) is 7.49. The maximum Gasteiger partial charge on any atom is 0.255 e. The Morgan fingerprint density at radius 3 is 2.81 bits per heavy atom. The summed E-state index contributed by atoms with van der Waals surface area (Å²) in [6, 6.07) is 10.1.